The molecule has 0 bridgehead atoms. The van der Waals surface area contributed by atoms with Crippen LogP contribution in [0.3, 0.4) is 0 Å². The zero-order valence-corrected chi connectivity index (χ0v) is 92.5. The summed E-state index contributed by atoms with van der Waals surface area (Å²) in [5.41, 5.74) is 4.70. The van der Waals surface area contributed by atoms with Gasteiger partial charge in [-0.3, -0.25) is 43.2 Å². The first kappa shape index (κ1) is 136. The highest BCUT2D eigenvalue weighted by molar-refractivity contribution is 8.41. The fraction of sp³-hybridized carbons (Fsp3) is 0.475. The molecule has 5 aromatic carbocycles. The van der Waals surface area contributed by atoms with Gasteiger partial charge in [0.15, 0.2) is 5.78 Å². The normalized spacial score (nSPS) is 13.8. The van der Waals surface area contributed by atoms with Gasteiger partial charge in [-0.15, -0.1) is 0 Å². The summed E-state index contributed by atoms with van der Waals surface area (Å²) in [7, 11) is 6.82. The minimum Gasteiger partial charge on any atom is -0.481 e. The molecule has 140 heavy (non-hydrogen) atoms. The zero-order valence-electron chi connectivity index (χ0n) is 82.2. The fourth-order valence-corrected chi connectivity index (χ4v) is 13.4. The molecule has 39 heteroatoms. The molecule has 1 aliphatic rings. The number of rotatable bonds is 43. The number of aromatic amines is 1. The Morgan fingerprint density at radius 2 is 0.786 bits per heavy atom. The smallest absolute Gasteiger partial charge is 0.407 e. The number of nitrogens with one attached hydrogen (secondary N) is 3. The van der Waals surface area contributed by atoms with E-state index in [0.717, 1.165) is 93.0 Å². The lowest BCUT2D eigenvalue weighted by atomic mass is 9.64. The van der Waals surface area contributed by atoms with Crippen LogP contribution in [0.4, 0.5) is 22.4 Å². The Morgan fingerprint density at radius 3 is 1.08 bits per heavy atom. The number of alkyl carbamates (subject to hydrolysis) is 1. The van der Waals surface area contributed by atoms with E-state index in [4.69, 9.17) is 29.2 Å². The quantitative estimate of drug-likeness (QED) is 0.00780. The molecule has 6 aromatic rings. The summed E-state index contributed by atoms with van der Waals surface area (Å²) < 4.78 is 76.5. The van der Waals surface area contributed by atoms with E-state index in [9.17, 15) is 70.3 Å². The minimum absolute atomic E-state index is 0. The lowest BCUT2D eigenvalue weighted by Crippen LogP contribution is -2.52. The van der Waals surface area contributed by atoms with Gasteiger partial charge in [-0.05, 0) is 277 Å². The first-order valence-corrected chi connectivity index (χ1v) is 57.8. The molecule has 23 nitrogen and oxygen atoms in total. The summed E-state index contributed by atoms with van der Waals surface area (Å²) in [6.07, 6.45) is 8.82. The molecule has 0 unspecified atom stereocenters. The Bertz CT molecular complexity index is 4820. The molecule has 7 rings (SSSR count). The third-order valence-corrected chi connectivity index (χ3v) is 28.3. The number of nitrogens with zero attached hydrogens (tertiary/aromatic N) is 1. The van der Waals surface area contributed by atoms with Crippen LogP contribution in [0.1, 0.15) is 249 Å². The number of hydrogen-bond donors (Lipinski definition) is 5. The maximum atomic E-state index is 15.3. The fourth-order valence-electron chi connectivity index (χ4n) is 13.4. The van der Waals surface area contributed by atoms with E-state index in [1.165, 1.54) is 59.8 Å². The van der Waals surface area contributed by atoms with Gasteiger partial charge in [0.25, 0.3) is 0 Å². The summed E-state index contributed by atoms with van der Waals surface area (Å²) in [4.78, 5) is 149. The number of hydrogen-bond acceptors (Lipinski definition) is 24. The largest absolute Gasteiger partial charge is 0.481 e. The topological polar surface area (TPSA) is 366 Å². The predicted octanol–water partition coefficient (Wildman–Crippen LogP) is 25.2. The number of aromatic nitrogens is 2. The summed E-state index contributed by atoms with van der Waals surface area (Å²) in [5.74, 6) is -10.9. The molecule has 0 spiro atoms. The number of fused-ring (bicyclic) bond motifs is 3. The van der Waals surface area contributed by atoms with Crippen LogP contribution in [0.15, 0.2) is 200 Å². The molecule has 1 aliphatic carbocycles. The Morgan fingerprint density at radius 1 is 0.471 bits per heavy atom. The number of carboxylic acid groups (broad SMARTS) is 2. The van der Waals surface area contributed by atoms with Gasteiger partial charge in [0.1, 0.15) is 69.4 Å². The number of carbonyl (C=O) groups excluding carboxylic acids is 10. The third kappa shape index (κ3) is 56.1. The number of allylic oxidation sites excluding steroid dienone is 6. The number of carboxylic acids is 2. The number of benzene rings is 5. The lowest BCUT2D eigenvalue weighted by molar-refractivity contribution is -0.156. The number of amides is 1. The van der Waals surface area contributed by atoms with Crippen LogP contribution in [0.25, 0.3) is 11.1 Å². The van der Waals surface area contributed by atoms with Gasteiger partial charge in [-0.25, -0.2) is 27.3 Å². The van der Waals surface area contributed by atoms with Gasteiger partial charge in [-0.2, -0.15) is 0 Å². The number of esters is 3. The van der Waals surface area contributed by atoms with Crippen LogP contribution in [0.2, 0.25) is 0 Å². The molecule has 1 heterocycles. The van der Waals surface area contributed by atoms with Crippen LogP contribution in [-0.4, -0.2) is 139 Å². The maximum Gasteiger partial charge on any atom is 0.407 e. The number of ether oxygens (including phenoxy) is 4. The van der Waals surface area contributed by atoms with Crippen molar-refractivity contribution in [2.75, 3.05) is 13.7 Å². The van der Waals surface area contributed by atoms with E-state index >= 15 is 4.79 Å². The molecule has 768 valence electrons. The van der Waals surface area contributed by atoms with Crippen LogP contribution in [0, 0.1) is 41.4 Å². The Balaban J connectivity index is -0.00000172. The molecule has 0 fully saturated rings. The number of carbonyl (C=O) groups is 12. The van der Waals surface area contributed by atoms with E-state index < -0.39 is 117 Å². The van der Waals surface area contributed by atoms with Crippen LogP contribution in [0.5, 0.6) is 0 Å². The summed E-state index contributed by atoms with van der Waals surface area (Å²) >= 11 is 26.5. The number of halogens is 4. The number of imidazole rings is 1. The van der Waals surface area contributed by atoms with Gasteiger partial charge < -0.3 is 59.8 Å². The summed E-state index contributed by atoms with van der Waals surface area (Å²) in [6, 6.07) is 44.3. The zero-order chi connectivity index (χ0) is 105. The standard InChI is InChI=1S/C40H33N3O3.C17H27FO4.C16H25FO5.C16H27FO3.C11H18FNO3.CH4.H2O.3P2S2/c44-38(40(28-14-4-1-5-15-28,29-16-6-2-7-17-29)30-18-8-3-9-19-30)37(24-31-25-41-27-42-31)43-39(45)46-26-36-34-22-12-10-20-32(34)33-21-11-13-23-35(33)36;1-11(9-12(2)19)15(18)10-14(13(3)20)7-8-16(21)22-17(4,5)6;1-10(8-11(2)18)13(17)9-12(15(20)21)6-7-14(19)22-16(3,4)5;1-7-11(2)14(17)10-13(12(3)18)8-9-15(19)20-16(4,5)6;1-7(13-3)10(12)6-9(8(2)14)4-5-11(15)16;;;3*3-1-2-4/h1-23,25,27,36-37H,24,26H2,(H,41,42)(H,43,45);10-11,14H,7-9H2,1-6H3;9-10,12H,6-8H2,1-5H3,(H,20,21);10-11,13H,7-9H2,1-6H3;6-7,9,13H,4-5H2,1-3H3,(H,15,16);1H4;1H2;;;/b;15-10-;13-9-;14-10-;10-6-;;;;;/t37-;11-,14-;10-,12-;11-,13-;7-,9+;;;;;/m01110...../s1. The maximum absolute atomic E-state index is 15.3. The second kappa shape index (κ2) is 72.8. The van der Waals surface area contributed by atoms with Crippen molar-refractivity contribution in [3.8, 4) is 11.1 Å². The highest BCUT2D eigenvalue weighted by Gasteiger charge is 2.47. The molecule has 9 atom stereocenters. The first-order chi connectivity index (χ1) is 64.7. The highest BCUT2D eigenvalue weighted by Crippen LogP contribution is 2.46. The molecule has 0 aliphatic heterocycles. The Labute approximate surface area is 863 Å². The summed E-state index contributed by atoms with van der Waals surface area (Å²) in [5, 5.41) is 23.3. The van der Waals surface area contributed by atoms with Crippen molar-refractivity contribution in [2.24, 2.45) is 41.4 Å². The second-order valence-electron chi connectivity index (χ2n) is 35.0. The van der Waals surface area contributed by atoms with Crippen molar-refractivity contribution in [2.45, 2.75) is 256 Å². The number of ketones is 6. The van der Waals surface area contributed by atoms with Crippen LogP contribution < -0.4 is 10.6 Å². The van der Waals surface area contributed by atoms with E-state index in [0.29, 0.717) is 6.42 Å². The second-order valence-corrected chi connectivity index (χ2v) is 47.8. The molecule has 7 N–H and O–H groups in total. The Hall–Kier alpha value is -8.33. The SMILES string of the molecule is C.CC(=O)C[C@@H](C)/C(F)=C/[C@@H](CCC(=O)OC(C)(C)C)C(=O)O.CC(=O)C[C@@H](C)/C(F)=C/[C@@H](CCC(=O)OC(C)(C)C)C(C)=O.CC[C@@H](C)/C(F)=C/[C@@H](CCC(=O)OC(C)(C)C)C(C)=O.CN[C@@H](C)/C(F)=C/[C@@H](CCC(=O)O)C(C)=O.O.O=C(N[C@@H](Cc1cnc[nH]1)C(=O)C(c1ccccc1)(c1ccccc1)c1ccccc1)OCC1c2ccccc2-c2ccccc21.S=PP=S.S=PP=S.S=PP=S. The molecular formula is C101H136F4N4O19P6S6. The van der Waals surface area contributed by atoms with Crippen molar-refractivity contribution in [1.82, 2.24) is 20.6 Å². The number of H-pyrrole nitrogens is 1. The van der Waals surface area contributed by atoms with E-state index in [1.807, 2.05) is 122 Å². The van der Waals surface area contributed by atoms with Crippen molar-refractivity contribution in [3.05, 3.63) is 233 Å². The van der Waals surface area contributed by atoms with Crippen molar-refractivity contribution >= 4 is 184 Å². The van der Waals surface area contributed by atoms with Gasteiger partial charge in [0.2, 0.25) is 0 Å². The molecule has 0 saturated carbocycles. The average Bonchev–Trinajstić information content (AvgIpc) is 0.976. The predicted molar refractivity (Wildman–Crippen MR) is 574 cm³/mol. The molecule has 1 aromatic heterocycles. The molecular weight excluding hydrogens is 2030 g/mol. The molecule has 0 saturated heterocycles. The number of likely N-dealkylation sites (N-methyl/N-ethyl adjacent to an activating group) is 1. The van der Waals surface area contributed by atoms with Gasteiger partial charge >= 0.3 is 35.9 Å². The average molecular weight is 2160 g/mol. The Kier molecular flexibility index (Phi) is 70.7. The summed E-state index contributed by atoms with van der Waals surface area (Å²) in [6.45, 7) is 31.2. The van der Waals surface area contributed by atoms with Crippen molar-refractivity contribution < 1.29 is 110 Å². The monoisotopic (exact) mass is 2160 g/mol. The highest BCUT2D eigenvalue weighted by atomic mass is 32.7. The van der Waals surface area contributed by atoms with E-state index in [-0.39, 0.29) is 148 Å². The number of Topliss-reactive ketones (excluding diaryl/α,β-unsaturated/α-hetero) is 6. The number of aliphatic carboxylic acids is 2. The van der Waals surface area contributed by atoms with Gasteiger partial charge in [0, 0.05) is 141 Å². The lowest BCUT2D eigenvalue weighted by Gasteiger charge is -2.37. The van der Waals surface area contributed by atoms with Gasteiger partial charge in [-0.1, -0.05) is 175 Å². The van der Waals surface area contributed by atoms with Crippen LogP contribution >= 0.6 is 42.3 Å². The minimum atomic E-state index is -1.22. The van der Waals surface area contributed by atoms with E-state index in [2.05, 4.69) is 116 Å². The van der Waals surface area contributed by atoms with Crippen molar-refractivity contribution in [3.63, 3.8) is 0 Å². The van der Waals surface area contributed by atoms with Gasteiger partial charge in [0.05, 0.1) is 36.0 Å². The first-order valence-electron chi connectivity index (χ1n) is 44.2. The van der Waals surface area contributed by atoms with Crippen LogP contribution in [-0.2, 0) is 154 Å². The molecule has 0 radical (unpaired) electrons. The third-order valence-electron chi connectivity index (χ3n) is 20.3. The molecule has 1 amide bonds. The van der Waals surface area contributed by atoms with Crippen molar-refractivity contribution in [1.29, 1.82) is 0 Å². The van der Waals surface area contributed by atoms with E-state index in [1.54, 1.807) is 103 Å².